The largest absolute Gasteiger partial charge is 0.376 e. The molecule has 7 heteroatoms. The number of piperidine rings is 2. The molecule has 0 aromatic heterocycles. The van der Waals surface area contributed by atoms with Crippen molar-refractivity contribution in [3.05, 3.63) is 35.9 Å². The van der Waals surface area contributed by atoms with Crippen LogP contribution in [0.1, 0.15) is 18.4 Å². The summed E-state index contributed by atoms with van der Waals surface area (Å²) in [5, 5.41) is 8.80. The quantitative estimate of drug-likeness (QED) is 0.586. The molecule has 6 nitrogen and oxygen atoms in total. The number of nitrogens with one attached hydrogen (secondary N) is 2. The first kappa shape index (κ1) is 18.5. The van der Waals surface area contributed by atoms with Crippen molar-refractivity contribution in [2.24, 2.45) is 11.0 Å². The minimum atomic E-state index is -0.0455. The summed E-state index contributed by atoms with van der Waals surface area (Å²) in [7, 11) is 0. The molecule has 0 saturated carbocycles. The van der Waals surface area contributed by atoms with E-state index in [1.165, 1.54) is 11.3 Å². The second-order valence-electron chi connectivity index (χ2n) is 8.57. The van der Waals surface area contributed by atoms with Gasteiger partial charge >= 0.3 is 0 Å². The summed E-state index contributed by atoms with van der Waals surface area (Å²) in [5.41, 5.74) is 5.76. The van der Waals surface area contributed by atoms with E-state index in [2.05, 4.69) is 50.9 Å². The monoisotopic (exact) mass is 399 g/mol. The third kappa shape index (κ3) is 3.45. The van der Waals surface area contributed by atoms with Crippen LogP contribution in [0.15, 0.2) is 35.4 Å². The second kappa shape index (κ2) is 7.71. The van der Waals surface area contributed by atoms with Crippen LogP contribution in [0.4, 0.5) is 0 Å². The van der Waals surface area contributed by atoms with E-state index >= 15 is 0 Å². The van der Waals surface area contributed by atoms with E-state index in [4.69, 9.17) is 22.1 Å². The molecule has 2 unspecified atom stereocenters. The van der Waals surface area contributed by atoms with Crippen molar-refractivity contribution in [3.8, 4) is 0 Å². The maximum absolute atomic E-state index is 5.67. The Kier molecular flexibility index (Phi) is 5.09. The van der Waals surface area contributed by atoms with E-state index in [0.29, 0.717) is 11.0 Å². The van der Waals surface area contributed by atoms with Gasteiger partial charge in [0.2, 0.25) is 0 Å². The van der Waals surface area contributed by atoms with Gasteiger partial charge in [0.1, 0.15) is 0 Å². The fraction of sp³-hybridized carbons (Fsp3) is 0.619. The van der Waals surface area contributed by atoms with Gasteiger partial charge in [-0.25, -0.2) is 0 Å². The van der Waals surface area contributed by atoms with Gasteiger partial charge < -0.3 is 19.9 Å². The van der Waals surface area contributed by atoms with Crippen molar-refractivity contribution < 1.29 is 4.74 Å². The molecule has 2 N–H and O–H groups in total. The van der Waals surface area contributed by atoms with Crippen LogP contribution in [-0.2, 0) is 10.2 Å². The summed E-state index contributed by atoms with van der Waals surface area (Å²) >= 11 is 5.49. The average molecular weight is 400 g/mol. The molecule has 3 atom stereocenters. The van der Waals surface area contributed by atoms with Gasteiger partial charge in [-0.2, -0.15) is 5.10 Å². The van der Waals surface area contributed by atoms with Gasteiger partial charge in [0.05, 0.1) is 17.2 Å². The lowest BCUT2D eigenvalue weighted by molar-refractivity contribution is 0.114. The Bertz CT molecular complexity index is 732. The highest BCUT2D eigenvalue weighted by atomic mass is 32.1. The van der Waals surface area contributed by atoms with Gasteiger partial charge in [-0.15, -0.1) is 0 Å². The predicted molar refractivity (Wildman–Crippen MR) is 115 cm³/mol. The SMILES string of the molecule is S=C(NC[C@@H]1CCCO1)N/N=C1\C2CN3CCN(C2)CC1(c1ccccc1)C3. The summed E-state index contributed by atoms with van der Waals surface area (Å²) in [6, 6.07) is 10.9. The summed E-state index contributed by atoms with van der Waals surface area (Å²) in [6.45, 7) is 8.22. The molecule has 1 aromatic carbocycles. The first-order valence-corrected chi connectivity index (χ1v) is 10.9. The fourth-order valence-corrected chi connectivity index (χ4v) is 5.55. The van der Waals surface area contributed by atoms with Crippen molar-refractivity contribution in [2.75, 3.05) is 52.4 Å². The van der Waals surface area contributed by atoms with Gasteiger partial charge in [0.25, 0.3) is 0 Å². The van der Waals surface area contributed by atoms with E-state index in [-0.39, 0.29) is 11.5 Å². The van der Waals surface area contributed by atoms with Crippen LogP contribution in [0.5, 0.6) is 0 Å². The number of thiocarbonyl (C=S) groups is 1. The average Bonchev–Trinajstić information content (AvgIpc) is 3.12. The molecule has 5 aliphatic heterocycles. The predicted octanol–water partition coefficient (Wildman–Crippen LogP) is 1.18. The van der Waals surface area contributed by atoms with Crippen LogP contribution in [-0.4, -0.2) is 79.1 Å². The van der Waals surface area contributed by atoms with E-state index < -0.39 is 0 Å². The number of fused-ring (bicyclic) bond motifs is 1. The Hall–Kier alpha value is -1.54. The number of hydrazone groups is 1. The summed E-state index contributed by atoms with van der Waals surface area (Å²) in [5.74, 6) is 0.457. The maximum Gasteiger partial charge on any atom is 0.187 e. The minimum Gasteiger partial charge on any atom is -0.376 e. The zero-order valence-electron chi connectivity index (χ0n) is 16.3. The molecule has 150 valence electrons. The highest BCUT2D eigenvalue weighted by molar-refractivity contribution is 7.80. The number of hydrogen-bond acceptors (Lipinski definition) is 5. The normalized spacial score (nSPS) is 37.8. The molecular formula is C21H29N5OS. The van der Waals surface area contributed by atoms with Crippen LogP contribution in [0.25, 0.3) is 0 Å². The molecule has 5 fully saturated rings. The van der Waals surface area contributed by atoms with Crippen LogP contribution in [0.3, 0.4) is 0 Å². The summed E-state index contributed by atoms with van der Waals surface area (Å²) in [6.07, 6.45) is 2.52. The van der Waals surface area contributed by atoms with Crippen molar-refractivity contribution >= 4 is 23.0 Å². The number of nitrogens with zero attached hydrogens (tertiary/aromatic N) is 3. The second-order valence-corrected chi connectivity index (χ2v) is 8.98. The maximum atomic E-state index is 5.67. The van der Waals surface area contributed by atoms with Gasteiger partial charge in [0, 0.05) is 58.3 Å². The third-order valence-electron chi connectivity index (χ3n) is 6.67. The van der Waals surface area contributed by atoms with Crippen LogP contribution in [0.2, 0.25) is 0 Å². The van der Waals surface area contributed by atoms with Crippen molar-refractivity contribution in [3.63, 3.8) is 0 Å². The Morgan fingerprint density at radius 2 is 1.93 bits per heavy atom. The first-order chi connectivity index (χ1) is 13.7. The Morgan fingerprint density at radius 3 is 2.61 bits per heavy atom. The smallest absolute Gasteiger partial charge is 0.187 e. The molecule has 28 heavy (non-hydrogen) atoms. The standard InChI is InChI=1S/C21H29N5OS/c28-20(22-11-18-7-4-10-27-18)24-23-19-16-12-25-8-9-26(13-16)15-21(19,14-25)17-5-2-1-3-6-17/h1-3,5-6,16,18H,4,7-15H2,(H2,22,24,28)/b23-19+/t16?,18-,21?/m0/s1. The molecule has 0 aliphatic carbocycles. The van der Waals surface area contributed by atoms with Gasteiger partial charge in [-0.05, 0) is 30.6 Å². The zero-order chi connectivity index (χ0) is 19.0. The Balaban J connectivity index is 1.37. The number of ether oxygens (including phenoxy) is 1. The molecule has 5 saturated heterocycles. The highest BCUT2D eigenvalue weighted by Crippen LogP contribution is 2.40. The van der Waals surface area contributed by atoms with Gasteiger partial charge in [0.15, 0.2) is 5.11 Å². The molecule has 0 radical (unpaired) electrons. The topological polar surface area (TPSA) is 52.1 Å². The Labute approximate surface area is 172 Å². The summed E-state index contributed by atoms with van der Waals surface area (Å²) < 4.78 is 5.67. The third-order valence-corrected chi connectivity index (χ3v) is 6.91. The number of hydrogen-bond donors (Lipinski definition) is 2. The summed E-state index contributed by atoms with van der Waals surface area (Å²) in [4.78, 5) is 5.25. The zero-order valence-corrected chi connectivity index (χ0v) is 17.1. The van der Waals surface area contributed by atoms with Crippen molar-refractivity contribution in [1.29, 1.82) is 0 Å². The minimum absolute atomic E-state index is 0.0455. The van der Waals surface area contributed by atoms with Crippen LogP contribution in [0, 0.1) is 5.92 Å². The van der Waals surface area contributed by atoms with E-state index in [1.807, 2.05) is 0 Å². The fourth-order valence-electron chi connectivity index (χ4n) is 5.42. The highest BCUT2D eigenvalue weighted by Gasteiger charge is 2.53. The molecular weight excluding hydrogens is 370 g/mol. The molecule has 0 spiro atoms. The van der Waals surface area contributed by atoms with Gasteiger partial charge in [-0.1, -0.05) is 30.3 Å². The number of rotatable bonds is 4. The van der Waals surface area contributed by atoms with E-state index in [0.717, 1.165) is 65.3 Å². The van der Waals surface area contributed by atoms with Crippen LogP contribution >= 0.6 is 12.2 Å². The van der Waals surface area contributed by atoms with Gasteiger partial charge in [-0.3, -0.25) is 5.43 Å². The van der Waals surface area contributed by atoms with E-state index in [9.17, 15) is 0 Å². The lowest BCUT2D eigenvalue weighted by Crippen LogP contribution is -2.64. The molecule has 4 bridgehead atoms. The van der Waals surface area contributed by atoms with Crippen molar-refractivity contribution in [1.82, 2.24) is 20.5 Å². The molecule has 0 amide bonds. The van der Waals surface area contributed by atoms with Crippen molar-refractivity contribution in [2.45, 2.75) is 24.4 Å². The molecule has 6 rings (SSSR count). The first-order valence-electron chi connectivity index (χ1n) is 10.5. The van der Waals surface area contributed by atoms with Crippen LogP contribution < -0.4 is 10.7 Å². The number of benzene rings is 1. The molecule has 5 aliphatic rings. The van der Waals surface area contributed by atoms with E-state index in [1.54, 1.807) is 0 Å². The lowest BCUT2D eigenvalue weighted by atomic mass is 9.66. The molecule has 5 heterocycles. The lowest BCUT2D eigenvalue weighted by Gasteiger charge is -2.50. The molecule has 1 aromatic rings. The Morgan fingerprint density at radius 1 is 1.18 bits per heavy atom.